The van der Waals surface area contributed by atoms with Crippen molar-refractivity contribution in [2.45, 2.75) is 0 Å². The zero-order chi connectivity index (χ0) is 23.9. The summed E-state index contributed by atoms with van der Waals surface area (Å²) >= 11 is 0. The third kappa shape index (κ3) is 12.0. The van der Waals surface area contributed by atoms with Crippen molar-refractivity contribution < 1.29 is 20.4 Å². The van der Waals surface area contributed by atoms with E-state index in [1.54, 1.807) is 72.8 Å². The number of hydrogen-bond donors (Lipinski definition) is 8. The standard InChI is InChI=1S/4C6H7NO/c4*7-5-2-1-3-6(8)4-5/h4*1-4,8H,7H2. The Labute approximate surface area is 186 Å². The summed E-state index contributed by atoms with van der Waals surface area (Å²) in [5.41, 5.74) is 23.5. The minimum absolute atomic E-state index is 0.213. The van der Waals surface area contributed by atoms with E-state index in [1.165, 1.54) is 24.3 Å². The van der Waals surface area contributed by atoms with E-state index in [9.17, 15) is 0 Å². The highest BCUT2D eigenvalue weighted by Crippen LogP contribution is 2.12. The van der Waals surface area contributed by atoms with Crippen LogP contribution in [0.2, 0.25) is 0 Å². The van der Waals surface area contributed by atoms with Gasteiger partial charge in [0.25, 0.3) is 0 Å². The van der Waals surface area contributed by atoms with Crippen LogP contribution >= 0.6 is 0 Å². The van der Waals surface area contributed by atoms with Crippen LogP contribution in [0.1, 0.15) is 0 Å². The molecule has 0 aliphatic carbocycles. The van der Waals surface area contributed by atoms with Crippen LogP contribution in [-0.2, 0) is 0 Å². The van der Waals surface area contributed by atoms with Gasteiger partial charge in [-0.2, -0.15) is 0 Å². The number of anilines is 4. The van der Waals surface area contributed by atoms with Gasteiger partial charge < -0.3 is 43.4 Å². The van der Waals surface area contributed by atoms with Gasteiger partial charge in [-0.05, 0) is 48.5 Å². The number of phenols is 4. The molecule has 0 aromatic heterocycles. The summed E-state index contributed by atoms with van der Waals surface area (Å²) in [6, 6.07) is 26.0. The summed E-state index contributed by atoms with van der Waals surface area (Å²) in [5.74, 6) is 0.852. The Balaban J connectivity index is 0.000000213. The highest BCUT2D eigenvalue weighted by molar-refractivity contribution is 5.44. The number of benzene rings is 4. The van der Waals surface area contributed by atoms with E-state index in [0.29, 0.717) is 22.7 Å². The van der Waals surface area contributed by atoms with E-state index in [2.05, 4.69) is 0 Å². The second kappa shape index (κ2) is 13.5. The monoisotopic (exact) mass is 436 g/mol. The van der Waals surface area contributed by atoms with E-state index in [-0.39, 0.29) is 23.0 Å². The second-order valence-corrected chi connectivity index (χ2v) is 6.38. The Kier molecular flexibility index (Phi) is 10.7. The Bertz CT molecular complexity index is 848. The predicted molar refractivity (Wildman–Crippen MR) is 130 cm³/mol. The smallest absolute Gasteiger partial charge is 0.117 e. The first-order valence-electron chi connectivity index (χ1n) is 9.33. The van der Waals surface area contributed by atoms with Crippen molar-refractivity contribution in [2.75, 3.05) is 22.9 Å². The first-order chi connectivity index (χ1) is 15.2. The quantitative estimate of drug-likeness (QED) is 0.191. The molecular formula is C24H28N4O4. The van der Waals surface area contributed by atoms with Gasteiger partial charge >= 0.3 is 0 Å². The van der Waals surface area contributed by atoms with Gasteiger partial charge in [-0.1, -0.05) is 24.3 Å². The fourth-order valence-corrected chi connectivity index (χ4v) is 2.10. The number of rotatable bonds is 0. The van der Waals surface area contributed by atoms with E-state index in [4.69, 9.17) is 43.4 Å². The largest absolute Gasteiger partial charge is 0.508 e. The van der Waals surface area contributed by atoms with Gasteiger partial charge in [-0.3, -0.25) is 0 Å². The average Bonchev–Trinajstić information content (AvgIpc) is 2.69. The van der Waals surface area contributed by atoms with Crippen molar-refractivity contribution >= 4 is 22.7 Å². The molecule has 0 spiro atoms. The Hall–Kier alpha value is -4.72. The van der Waals surface area contributed by atoms with Crippen LogP contribution in [0.5, 0.6) is 23.0 Å². The lowest BCUT2D eigenvalue weighted by Crippen LogP contribution is -1.80. The van der Waals surface area contributed by atoms with Crippen molar-refractivity contribution in [3.8, 4) is 23.0 Å². The molecule has 0 unspecified atom stereocenters. The summed E-state index contributed by atoms with van der Waals surface area (Å²) in [6.45, 7) is 0. The van der Waals surface area contributed by atoms with Gasteiger partial charge in [0, 0.05) is 47.0 Å². The molecule has 0 aliphatic rings. The van der Waals surface area contributed by atoms with Gasteiger partial charge in [0.15, 0.2) is 0 Å². The number of aromatic hydroxyl groups is 4. The van der Waals surface area contributed by atoms with E-state index < -0.39 is 0 Å². The Morgan fingerprint density at radius 2 is 0.531 bits per heavy atom. The van der Waals surface area contributed by atoms with E-state index >= 15 is 0 Å². The van der Waals surface area contributed by atoms with Crippen LogP contribution in [0.25, 0.3) is 0 Å². The number of hydrogen-bond acceptors (Lipinski definition) is 8. The molecule has 0 saturated carbocycles. The zero-order valence-corrected chi connectivity index (χ0v) is 17.3. The predicted octanol–water partition coefficient (Wildman–Crippen LogP) is 3.90. The maximum atomic E-state index is 8.73. The van der Waals surface area contributed by atoms with Crippen LogP contribution in [0.3, 0.4) is 0 Å². The number of phenolic OH excluding ortho intramolecular Hbond substituents is 4. The first kappa shape index (κ1) is 25.3. The van der Waals surface area contributed by atoms with Gasteiger partial charge in [0.05, 0.1) is 0 Å². The van der Waals surface area contributed by atoms with Gasteiger partial charge in [-0.25, -0.2) is 0 Å². The lowest BCUT2D eigenvalue weighted by Gasteiger charge is -1.90. The maximum absolute atomic E-state index is 8.73. The van der Waals surface area contributed by atoms with Gasteiger partial charge in [0.2, 0.25) is 0 Å². The molecule has 0 amide bonds. The van der Waals surface area contributed by atoms with Gasteiger partial charge in [0.1, 0.15) is 23.0 Å². The Morgan fingerprint density at radius 3 is 0.625 bits per heavy atom. The second-order valence-electron chi connectivity index (χ2n) is 6.38. The topological polar surface area (TPSA) is 185 Å². The number of nitrogen functional groups attached to an aromatic ring is 4. The molecule has 32 heavy (non-hydrogen) atoms. The minimum Gasteiger partial charge on any atom is -0.508 e. The molecule has 4 aromatic carbocycles. The van der Waals surface area contributed by atoms with E-state index in [0.717, 1.165) is 0 Å². The molecule has 0 atom stereocenters. The minimum atomic E-state index is 0.213. The van der Waals surface area contributed by atoms with Crippen LogP contribution in [0.15, 0.2) is 97.1 Å². The van der Waals surface area contributed by atoms with Crippen LogP contribution in [0.4, 0.5) is 22.7 Å². The highest BCUT2D eigenvalue weighted by atomic mass is 16.3. The molecule has 0 heterocycles. The van der Waals surface area contributed by atoms with E-state index in [1.807, 2.05) is 0 Å². The lowest BCUT2D eigenvalue weighted by atomic mass is 10.3. The van der Waals surface area contributed by atoms with Crippen LogP contribution < -0.4 is 22.9 Å². The SMILES string of the molecule is Nc1cccc(O)c1.Nc1cccc(O)c1.Nc1cccc(O)c1.Nc1cccc(O)c1. The molecule has 168 valence electrons. The molecule has 12 N–H and O–H groups in total. The lowest BCUT2D eigenvalue weighted by molar-refractivity contribution is 0.475. The summed E-state index contributed by atoms with van der Waals surface area (Å²) < 4.78 is 0. The summed E-state index contributed by atoms with van der Waals surface area (Å²) in [5, 5.41) is 34.9. The molecule has 8 nitrogen and oxygen atoms in total. The third-order valence-corrected chi connectivity index (χ3v) is 3.48. The fraction of sp³-hybridized carbons (Fsp3) is 0. The molecule has 0 bridgehead atoms. The molecule has 4 aromatic rings. The zero-order valence-electron chi connectivity index (χ0n) is 17.3. The van der Waals surface area contributed by atoms with Crippen LogP contribution in [-0.4, -0.2) is 20.4 Å². The van der Waals surface area contributed by atoms with Crippen molar-refractivity contribution in [1.29, 1.82) is 0 Å². The molecular weight excluding hydrogens is 408 g/mol. The maximum Gasteiger partial charge on any atom is 0.117 e. The van der Waals surface area contributed by atoms with Crippen LogP contribution in [0, 0.1) is 0 Å². The summed E-state index contributed by atoms with van der Waals surface area (Å²) in [7, 11) is 0. The molecule has 0 fully saturated rings. The Morgan fingerprint density at radius 1 is 0.344 bits per heavy atom. The molecule has 0 radical (unpaired) electrons. The highest BCUT2D eigenvalue weighted by Gasteiger charge is 1.85. The third-order valence-electron chi connectivity index (χ3n) is 3.48. The molecule has 8 heteroatoms. The molecule has 4 rings (SSSR count). The van der Waals surface area contributed by atoms with Crippen molar-refractivity contribution in [3.05, 3.63) is 97.1 Å². The first-order valence-corrected chi connectivity index (χ1v) is 9.33. The number of nitrogens with two attached hydrogens (primary N) is 4. The van der Waals surface area contributed by atoms with Gasteiger partial charge in [-0.15, -0.1) is 0 Å². The van der Waals surface area contributed by atoms with Crippen molar-refractivity contribution in [2.24, 2.45) is 0 Å². The molecule has 0 aliphatic heterocycles. The normalized spacial score (nSPS) is 9.00. The van der Waals surface area contributed by atoms with Crippen molar-refractivity contribution in [1.82, 2.24) is 0 Å². The molecule has 0 saturated heterocycles. The average molecular weight is 437 g/mol. The summed E-state index contributed by atoms with van der Waals surface area (Å²) in [4.78, 5) is 0. The van der Waals surface area contributed by atoms with Crippen molar-refractivity contribution in [3.63, 3.8) is 0 Å². The summed E-state index contributed by atoms with van der Waals surface area (Å²) in [6.07, 6.45) is 0. The fourth-order valence-electron chi connectivity index (χ4n) is 2.10.